The molecule has 0 saturated heterocycles. The molecule has 1 aliphatic heterocycles. The molecular formula is C14H13NO6S. The Morgan fingerprint density at radius 2 is 1.82 bits per heavy atom. The zero-order valence-corrected chi connectivity index (χ0v) is 12.4. The first-order valence-corrected chi connectivity index (χ1v) is 7.74. The van der Waals surface area contributed by atoms with Crippen LogP contribution in [-0.4, -0.2) is 56.9 Å². The second kappa shape index (κ2) is 6.18. The summed E-state index contributed by atoms with van der Waals surface area (Å²) in [6.45, 7) is 0. The molecule has 1 aromatic rings. The van der Waals surface area contributed by atoms with E-state index in [0.29, 0.717) is 10.7 Å². The Labute approximate surface area is 129 Å². The molecule has 0 saturated carbocycles. The Kier molecular flexibility index (Phi) is 4.51. The number of benzene rings is 1. The number of nitrogens with zero attached hydrogens (tertiary/aromatic N) is 1. The van der Waals surface area contributed by atoms with Crippen molar-refractivity contribution in [3.05, 3.63) is 34.9 Å². The van der Waals surface area contributed by atoms with Crippen molar-refractivity contribution in [3.63, 3.8) is 0 Å². The molecule has 0 bridgehead atoms. The molecule has 2 N–H and O–H groups in total. The molecule has 1 heterocycles. The average Bonchev–Trinajstić information content (AvgIpc) is 2.72. The largest absolute Gasteiger partial charge is 0.480 e. The highest BCUT2D eigenvalue weighted by Gasteiger charge is 2.42. The molecule has 116 valence electrons. The average molecular weight is 323 g/mol. The highest BCUT2D eigenvalue weighted by atomic mass is 32.2. The maximum absolute atomic E-state index is 12.3. The van der Waals surface area contributed by atoms with Gasteiger partial charge in [-0.3, -0.25) is 14.5 Å². The number of fused-ring (bicyclic) bond motifs is 1. The molecule has 0 unspecified atom stereocenters. The number of aliphatic carboxylic acids is 1. The topological polar surface area (TPSA) is 112 Å². The van der Waals surface area contributed by atoms with Gasteiger partial charge < -0.3 is 10.2 Å². The van der Waals surface area contributed by atoms with E-state index in [9.17, 15) is 24.3 Å². The van der Waals surface area contributed by atoms with Crippen LogP contribution in [0.2, 0.25) is 0 Å². The lowest BCUT2D eigenvalue weighted by atomic mass is 10.1. The van der Waals surface area contributed by atoms with Crippen LogP contribution in [0, 0.1) is 0 Å². The number of imide groups is 1. The molecule has 0 fully saturated rings. The fourth-order valence-electron chi connectivity index (χ4n) is 2.27. The van der Waals surface area contributed by atoms with E-state index < -0.39 is 29.8 Å². The van der Waals surface area contributed by atoms with E-state index in [2.05, 4.69) is 0 Å². The number of carbonyl (C=O) groups is 4. The normalized spacial score (nSPS) is 14.9. The van der Waals surface area contributed by atoms with Crippen LogP contribution in [0.25, 0.3) is 0 Å². The van der Waals surface area contributed by atoms with Crippen molar-refractivity contribution in [2.24, 2.45) is 0 Å². The molecule has 0 aromatic heterocycles. The van der Waals surface area contributed by atoms with Crippen LogP contribution >= 0.6 is 11.8 Å². The smallest absolute Gasteiger partial charge is 0.335 e. The van der Waals surface area contributed by atoms with Gasteiger partial charge >= 0.3 is 11.9 Å². The molecule has 22 heavy (non-hydrogen) atoms. The van der Waals surface area contributed by atoms with Crippen molar-refractivity contribution in [1.82, 2.24) is 4.90 Å². The van der Waals surface area contributed by atoms with E-state index in [1.54, 1.807) is 6.26 Å². The second-order valence-corrected chi connectivity index (χ2v) is 5.67. The molecule has 2 rings (SSSR count). The quantitative estimate of drug-likeness (QED) is 0.756. The monoisotopic (exact) mass is 323 g/mol. The fraction of sp³-hybridized carbons (Fsp3) is 0.286. The molecule has 2 amide bonds. The van der Waals surface area contributed by atoms with E-state index in [4.69, 9.17) is 5.11 Å². The fourth-order valence-corrected chi connectivity index (χ4v) is 2.73. The van der Waals surface area contributed by atoms with Gasteiger partial charge in [-0.25, -0.2) is 9.59 Å². The highest BCUT2D eigenvalue weighted by molar-refractivity contribution is 7.98. The summed E-state index contributed by atoms with van der Waals surface area (Å²) < 4.78 is 0. The van der Waals surface area contributed by atoms with Crippen molar-refractivity contribution in [2.75, 3.05) is 12.0 Å². The van der Waals surface area contributed by atoms with Crippen molar-refractivity contribution in [3.8, 4) is 0 Å². The molecular weight excluding hydrogens is 310 g/mol. The van der Waals surface area contributed by atoms with E-state index in [1.165, 1.54) is 23.9 Å². The number of thioether (sulfide) groups is 1. The lowest BCUT2D eigenvalue weighted by Crippen LogP contribution is -2.45. The molecule has 1 aliphatic rings. The van der Waals surface area contributed by atoms with Crippen LogP contribution in [-0.2, 0) is 4.79 Å². The lowest BCUT2D eigenvalue weighted by Gasteiger charge is -2.22. The van der Waals surface area contributed by atoms with Crippen molar-refractivity contribution in [1.29, 1.82) is 0 Å². The van der Waals surface area contributed by atoms with Crippen LogP contribution < -0.4 is 0 Å². The van der Waals surface area contributed by atoms with Crippen molar-refractivity contribution >= 4 is 35.5 Å². The molecule has 0 aliphatic carbocycles. The van der Waals surface area contributed by atoms with E-state index in [-0.39, 0.29) is 23.1 Å². The van der Waals surface area contributed by atoms with Crippen LogP contribution in [0.5, 0.6) is 0 Å². The molecule has 8 heteroatoms. The van der Waals surface area contributed by atoms with E-state index in [1.807, 2.05) is 0 Å². The first-order valence-electron chi connectivity index (χ1n) is 6.35. The van der Waals surface area contributed by atoms with Gasteiger partial charge in [-0.15, -0.1) is 0 Å². The minimum absolute atomic E-state index is 0.0328. The Balaban J connectivity index is 2.40. The summed E-state index contributed by atoms with van der Waals surface area (Å²) in [5.41, 5.74) is -0.163. The molecule has 0 radical (unpaired) electrons. The zero-order chi connectivity index (χ0) is 16.4. The van der Waals surface area contributed by atoms with Gasteiger partial charge in [0.05, 0.1) is 16.7 Å². The SMILES string of the molecule is CSCC[C@H](C(=O)O)N1C(=O)c2ccc(C(=O)O)cc2C1=O. The van der Waals surface area contributed by atoms with Gasteiger partial charge in [-0.2, -0.15) is 11.8 Å². The van der Waals surface area contributed by atoms with Crippen LogP contribution in [0.1, 0.15) is 37.5 Å². The number of amides is 2. The van der Waals surface area contributed by atoms with E-state index in [0.717, 1.165) is 6.07 Å². The maximum atomic E-state index is 12.3. The van der Waals surface area contributed by atoms with Gasteiger partial charge in [-0.1, -0.05) is 0 Å². The molecule has 7 nitrogen and oxygen atoms in total. The highest BCUT2D eigenvalue weighted by Crippen LogP contribution is 2.27. The summed E-state index contributed by atoms with van der Waals surface area (Å²) in [7, 11) is 0. The summed E-state index contributed by atoms with van der Waals surface area (Å²) in [6.07, 6.45) is 1.92. The molecule has 0 spiro atoms. The van der Waals surface area contributed by atoms with Crippen molar-refractivity contribution in [2.45, 2.75) is 12.5 Å². The third kappa shape index (κ3) is 2.69. The first-order chi connectivity index (χ1) is 10.4. The Morgan fingerprint density at radius 3 is 2.36 bits per heavy atom. The number of carboxylic acids is 2. The number of hydrogen-bond donors (Lipinski definition) is 2. The van der Waals surface area contributed by atoms with E-state index >= 15 is 0 Å². The minimum Gasteiger partial charge on any atom is -0.480 e. The van der Waals surface area contributed by atoms with Gasteiger partial charge in [0.2, 0.25) is 0 Å². The van der Waals surface area contributed by atoms with Gasteiger partial charge in [0.15, 0.2) is 0 Å². The minimum atomic E-state index is -1.26. The maximum Gasteiger partial charge on any atom is 0.335 e. The van der Waals surface area contributed by atoms with Gasteiger partial charge in [-0.05, 0) is 36.6 Å². The second-order valence-electron chi connectivity index (χ2n) is 4.68. The van der Waals surface area contributed by atoms with Crippen molar-refractivity contribution < 1.29 is 29.4 Å². The standard InChI is InChI=1S/C14H13NO6S/c1-22-5-4-10(14(20)21)15-11(16)8-3-2-7(13(18)19)6-9(8)12(15)17/h2-3,6,10H,4-5H2,1H3,(H,18,19)(H,20,21)/t10-/m1/s1. The third-order valence-corrected chi connectivity index (χ3v) is 4.00. The number of rotatable bonds is 6. The van der Waals surface area contributed by atoms with Gasteiger partial charge in [0.1, 0.15) is 6.04 Å². The number of carboxylic acid groups (broad SMARTS) is 2. The van der Waals surface area contributed by atoms with Gasteiger partial charge in [0.25, 0.3) is 11.8 Å². The Hall–Kier alpha value is -2.35. The Bertz CT molecular complexity index is 671. The molecule has 1 aromatic carbocycles. The van der Waals surface area contributed by atoms with Crippen LogP contribution in [0.3, 0.4) is 0 Å². The first kappa shape index (κ1) is 16.0. The summed E-state index contributed by atoms with van der Waals surface area (Å²) >= 11 is 1.41. The van der Waals surface area contributed by atoms with Gasteiger partial charge in [0, 0.05) is 0 Å². The summed E-state index contributed by atoms with van der Waals surface area (Å²) in [6, 6.07) is 2.30. The predicted octanol–water partition coefficient (Wildman–Crippen LogP) is 1.19. The lowest BCUT2D eigenvalue weighted by molar-refractivity contribution is -0.141. The van der Waals surface area contributed by atoms with Crippen LogP contribution in [0.4, 0.5) is 0 Å². The molecule has 1 atom stereocenters. The third-order valence-electron chi connectivity index (χ3n) is 3.36. The number of carbonyl (C=O) groups excluding carboxylic acids is 2. The predicted molar refractivity (Wildman–Crippen MR) is 78.3 cm³/mol. The Morgan fingerprint density at radius 1 is 1.18 bits per heavy atom. The number of aromatic carboxylic acids is 1. The van der Waals surface area contributed by atoms with Crippen LogP contribution in [0.15, 0.2) is 18.2 Å². The summed E-state index contributed by atoms with van der Waals surface area (Å²) in [4.78, 5) is 47.6. The zero-order valence-electron chi connectivity index (χ0n) is 11.6. The summed E-state index contributed by atoms with van der Waals surface area (Å²) in [5.74, 6) is -3.48. The summed E-state index contributed by atoms with van der Waals surface area (Å²) in [5, 5.41) is 18.2. The number of hydrogen-bond acceptors (Lipinski definition) is 5.